The van der Waals surface area contributed by atoms with Crippen molar-refractivity contribution in [3.8, 4) is 5.75 Å². The SMILES string of the molecule is CN/N=C/c1cc(Br)cc(Br)c1O.O=P(O)(O)O. The van der Waals surface area contributed by atoms with Gasteiger partial charge in [0.15, 0.2) is 0 Å². The summed E-state index contributed by atoms with van der Waals surface area (Å²) in [7, 11) is -2.94. The second-order valence-corrected chi connectivity index (χ2v) is 5.62. The summed E-state index contributed by atoms with van der Waals surface area (Å²) < 4.78 is 10.4. The Balaban J connectivity index is 0.000000494. The first-order valence-electron chi connectivity index (χ1n) is 4.31. The minimum atomic E-state index is -4.64. The molecule has 102 valence electrons. The molecule has 1 rings (SSSR count). The molecule has 0 radical (unpaired) electrons. The summed E-state index contributed by atoms with van der Waals surface area (Å²) in [5.74, 6) is 0.183. The molecule has 0 fully saturated rings. The molecule has 0 aliphatic rings. The fourth-order valence-electron chi connectivity index (χ4n) is 0.818. The number of phenolic OH excluding ortho intramolecular Hbond substituents is 1. The van der Waals surface area contributed by atoms with E-state index >= 15 is 0 Å². The van der Waals surface area contributed by atoms with Crippen LogP contribution in [0.3, 0.4) is 0 Å². The zero-order chi connectivity index (χ0) is 14.3. The minimum Gasteiger partial charge on any atom is -0.506 e. The van der Waals surface area contributed by atoms with E-state index in [1.54, 1.807) is 25.4 Å². The summed E-state index contributed by atoms with van der Waals surface area (Å²) in [5, 5.41) is 13.4. The van der Waals surface area contributed by atoms with Crippen LogP contribution in [0.1, 0.15) is 5.56 Å². The van der Waals surface area contributed by atoms with Crippen LogP contribution in [0.15, 0.2) is 26.2 Å². The number of halogens is 2. The Morgan fingerprint density at radius 2 is 1.83 bits per heavy atom. The monoisotopic (exact) mass is 404 g/mol. The summed E-state index contributed by atoms with van der Waals surface area (Å²) in [6.45, 7) is 0. The molecule has 0 unspecified atom stereocenters. The van der Waals surface area contributed by atoms with Gasteiger partial charge in [0.25, 0.3) is 0 Å². The smallest absolute Gasteiger partial charge is 0.466 e. The molecule has 1 aromatic carbocycles. The molecular weight excluding hydrogens is 395 g/mol. The first-order valence-corrected chi connectivity index (χ1v) is 7.46. The molecule has 10 heteroatoms. The molecule has 18 heavy (non-hydrogen) atoms. The van der Waals surface area contributed by atoms with Crippen molar-refractivity contribution in [2.45, 2.75) is 0 Å². The fraction of sp³-hybridized carbons (Fsp3) is 0.125. The second-order valence-electron chi connectivity index (χ2n) is 2.82. The van der Waals surface area contributed by atoms with Gasteiger partial charge in [0, 0.05) is 17.1 Å². The Morgan fingerprint density at radius 3 is 2.28 bits per heavy atom. The van der Waals surface area contributed by atoms with E-state index in [-0.39, 0.29) is 5.75 Å². The summed E-state index contributed by atoms with van der Waals surface area (Å²) in [4.78, 5) is 21.6. The normalized spacial score (nSPS) is 11.0. The Morgan fingerprint density at radius 1 is 1.33 bits per heavy atom. The molecule has 1 aromatic rings. The van der Waals surface area contributed by atoms with E-state index in [9.17, 15) is 5.11 Å². The van der Waals surface area contributed by atoms with E-state index in [0.717, 1.165) is 4.47 Å². The lowest BCUT2D eigenvalue weighted by atomic mass is 10.2. The van der Waals surface area contributed by atoms with Gasteiger partial charge in [-0.3, -0.25) is 0 Å². The molecular formula is C8H11Br2N2O5P. The van der Waals surface area contributed by atoms with Gasteiger partial charge >= 0.3 is 7.82 Å². The van der Waals surface area contributed by atoms with E-state index in [0.29, 0.717) is 10.0 Å². The number of nitrogens with zero attached hydrogens (tertiary/aromatic N) is 1. The third-order valence-corrected chi connectivity index (χ3v) is 2.45. The molecule has 0 spiro atoms. The Hall–Kier alpha value is -0.440. The van der Waals surface area contributed by atoms with E-state index in [1.165, 1.54) is 0 Å². The number of nitrogens with one attached hydrogen (secondary N) is 1. The van der Waals surface area contributed by atoms with Gasteiger partial charge in [-0.15, -0.1) is 0 Å². The average molecular weight is 406 g/mol. The molecule has 0 saturated heterocycles. The fourth-order valence-corrected chi connectivity index (χ4v) is 2.08. The Kier molecular flexibility index (Phi) is 7.69. The van der Waals surface area contributed by atoms with E-state index in [1.807, 2.05) is 0 Å². The number of phosphoric acid groups is 1. The predicted octanol–water partition coefficient (Wildman–Crippen LogP) is 1.54. The summed E-state index contributed by atoms with van der Waals surface area (Å²) in [5.41, 5.74) is 3.26. The van der Waals surface area contributed by atoms with Crippen molar-refractivity contribution in [1.29, 1.82) is 0 Å². The highest BCUT2D eigenvalue weighted by Gasteiger charge is 2.04. The molecule has 7 nitrogen and oxygen atoms in total. The highest BCUT2D eigenvalue weighted by molar-refractivity contribution is 9.11. The number of aromatic hydroxyl groups is 1. The van der Waals surface area contributed by atoms with Crippen molar-refractivity contribution < 1.29 is 24.4 Å². The molecule has 0 bridgehead atoms. The van der Waals surface area contributed by atoms with Crippen LogP contribution in [0.4, 0.5) is 0 Å². The maximum absolute atomic E-state index is 9.56. The number of hydrogen-bond acceptors (Lipinski definition) is 4. The summed E-state index contributed by atoms with van der Waals surface area (Å²) >= 11 is 6.54. The van der Waals surface area contributed by atoms with Crippen molar-refractivity contribution in [3.63, 3.8) is 0 Å². The quantitative estimate of drug-likeness (QED) is 0.289. The van der Waals surface area contributed by atoms with Crippen LogP contribution in [-0.4, -0.2) is 33.0 Å². The van der Waals surface area contributed by atoms with Crippen LogP contribution in [-0.2, 0) is 4.57 Å². The molecule has 0 saturated carbocycles. The zero-order valence-electron chi connectivity index (χ0n) is 9.08. The lowest BCUT2D eigenvalue weighted by Gasteiger charge is -2.02. The van der Waals surface area contributed by atoms with E-state index < -0.39 is 7.82 Å². The van der Waals surface area contributed by atoms with Gasteiger partial charge in [0.05, 0.1) is 10.7 Å². The Labute approximate surface area is 120 Å². The molecule has 0 aliphatic heterocycles. The van der Waals surface area contributed by atoms with Gasteiger partial charge in [0.1, 0.15) is 5.75 Å². The Bertz CT molecular complexity index is 469. The summed E-state index contributed by atoms with van der Waals surface area (Å²) in [6.07, 6.45) is 1.55. The van der Waals surface area contributed by atoms with Crippen LogP contribution in [0, 0.1) is 0 Å². The first kappa shape index (κ1) is 17.6. The van der Waals surface area contributed by atoms with Gasteiger partial charge in [-0.2, -0.15) is 5.10 Å². The van der Waals surface area contributed by atoms with Gasteiger partial charge in [-0.1, -0.05) is 15.9 Å². The zero-order valence-corrected chi connectivity index (χ0v) is 13.1. The lowest BCUT2D eigenvalue weighted by Crippen LogP contribution is -1.95. The molecule has 0 aromatic heterocycles. The van der Waals surface area contributed by atoms with Crippen molar-refractivity contribution in [3.05, 3.63) is 26.6 Å². The lowest BCUT2D eigenvalue weighted by molar-refractivity contribution is 0.275. The third kappa shape index (κ3) is 8.62. The topological polar surface area (TPSA) is 122 Å². The summed E-state index contributed by atoms with van der Waals surface area (Å²) in [6, 6.07) is 3.55. The first-order chi connectivity index (χ1) is 8.15. The van der Waals surface area contributed by atoms with Gasteiger partial charge in [-0.05, 0) is 28.1 Å². The van der Waals surface area contributed by atoms with Crippen molar-refractivity contribution in [2.24, 2.45) is 5.10 Å². The highest BCUT2D eigenvalue weighted by Crippen LogP contribution is 2.30. The average Bonchev–Trinajstić information content (AvgIpc) is 2.19. The van der Waals surface area contributed by atoms with Crippen LogP contribution >= 0.6 is 39.7 Å². The maximum Gasteiger partial charge on any atom is 0.466 e. The second kappa shape index (κ2) is 7.88. The number of phenols is 1. The maximum atomic E-state index is 9.56. The molecule has 0 atom stereocenters. The highest BCUT2D eigenvalue weighted by atomic mass is 79.9. The van der Waals surface area contributed by atoms with Gasteiger partial charge < -0.3 is 25.2 Å². The molecule has 0 aliphatic carbocycles. The molecule has 5 N–H and O–H groups in total. The predicted molar refractivity (Wildman–Crippen MR) is 74.4 cm³/mol. The van der Waals surface area contributed by atoms with Crippen molar-refractivity contribution >= 4 is 45.9 Å². The van der Waals surface area contributed by atoms with Gasteiger partial charge in [-0.25, -0.2) is 4.57 Å². The van der Waals surface area contributed by atoms with Crippen molar-refractivity contribution in [1.82, 2.24) is 5.43 Å². The largest absolute Gasteiger partial charge is 0.506 e. The number of hydrazone groups is 1. The van der Waals surface area contributed by atoms with Crippen LogP contribution < -0.4 is 5.43 Å². The van der Waals surface area contributed by atoms with E-state index in [2.05, 4.69) is 42.4 Å². The number of rotatable bonds is 2. The van der Waals surface area contributed by atoms with Crippen LogP contribution in [0.25, 0.3) is 0 Å². The van der Waals surface area contributed by atoms with Crippen LogP contribution in [0.5, 0.6) is 5.75 Å². The van der Waals surface area contributed by atoms with Crippen LogP contribution in [0.2, 0.25) is 0 Å². The number of benzene rings is 1. The van der Waals surface area contributed by atoms with Gasteiger partial charge in [0.2, 0.25) is 0 Å². The molecule has 0 amide bonds. The van der Waals surface area contributed by atoms with Crippen molar-refractivity contribution in [2.75, 3.05) is 7.05 Å². The standard InChI is InChI=1S/C8H8Br2N2O.H3O4P/c1-11-12-4-5-2-6(9)3-7(10)8(5)13;1-5(2,3)4/h2-4,11,13H,1H3;(H3,1,2,3,4)/b12-4+;. The minimum absolute atomic E-state index is 0.183. The third-order valence-electron chi connectivity index (χ3n) is 1.39. The number of hydrogen-bond donors (Lipinski definition) is 5. The van der Waals surface area contributed by atoms with E-state index in [4.69, 9.17) is 19.2 Å². The molecule has 0 heterocycles.